The molecular weight excluding hydrogens is 308 g/mol. The number of nitrogens with one attached hydrogen (secondary N) is 2. The molecule has 0 atom stereocenters. The Labute approximate surface area is 129 Å². The SMILES string of the molecule is Cc1csc(CNC(C)C)c1S(=O)(=O)Nc1cnn(C)c1. The molecule has 0 amide bonds. The van der Waals surface area contributed by atoms with Crippen molar-refractivity contribution in [2.45, 2.75) is 38.3 Å². The molecule has 0 saturated carbocycles. The fourth-order valence-corrected chi connectivity index (χ4v) is 4.74. The third kappa shape index (κ3) is 3.84. The van der Waals surface area contributed by atoms with Crippen LogP contribution in [0, 0.1) is 6.92 Å². The van der Waals surface area contributed by atoms with Crippen LogP contribution in [0.2, 0.25) is 0 Å². The van der Waals surface area contributed by atoms with Crippen molar-refractivity contribution < 1.29 is 8.42 Å². The number of thiophene rings is 1. The molecule has 2 aromatic heterocycles. The standard InChI is InChI=1S/C13H20N4O2S2/c1-9(2)14-6-12-13(10(3)8-20-12)21(18,19)16-11-5-15-17(4)7-11/h5,7-9,14,16H,6H2,1-4H3. The number of aromatic nitrogens is 2. The minimum Gasteiger partial charge on any atom is -0.310 e. The van der Waals surface area contributed by atoms with Crippen molar-refractivity contribution in [3.8, 4) is 0 Å². The van der Waals surface area contributed by atoms with Gasteiger partial charge in [-0.3, -0.25) is 9.40 Å². The van der Waals surface area contributed by atoms with Crippen LogP contribution in [0.3, 0.4) is 0 Å². The van der Waals surface area contributed by atoms with Gasteiger partial charge in [0, 0.05) is 30.7 Å². The van der Waals surface area contributed by atoms with Crippen molar-refractivity contribution in [3.63, 3.8) is 0 Å². The lowest BCUT2D eigenvalue weighted by Crippen LogP contribution is -2.23. The van der Waals surface area contributed by atoms with Crippen LogP contribution in [-0.2, 0) is 23.6 Å². The number of rotatable bonds is 6. The Bertz CT molecular complexity index is 716. The number of hydrogen-bond acceptors (Lipinski definition) is 5. The summed E-state index contributed by atoms with van der Waals surface area (Å²) in [7, 11) is -1.86. The van der Waals surface area contributed by atoms with Crippen molar-refractivity contribution >= 4 is 27.0 Å². The van der Waals surface area contributed by atoms with E-state index in [0.29, 0.717) is 23.2 Å². The van der Waals surface area contributed by atoms with E-state index >= 15 is 0 Å². The van der Waals surface area contributed by atoms with Crippen LogP contribution in [-0.4, -0.2) is 24.2 Å². The normalized spacial score (nSPS) is 12.0. The molecule has 6 nitrogen and oxygen atoms in total. The number of anilines is 1. The molecule has 2 heterocycles. The molecule has 0 unspecified atom stereocenters. The zero-order chi connectivity index (χ0) is 15.6. The first kappa shape index (κ1) is 16.0. The van der Waals surface area contributed by atoms with Crippen molar-refractivity contribution in [2.75, 3.05) is 4.72 Å². The minimum absolute atomic E-state index is 0.300. The number of nitrogens with zero attached hydrogens (tertiary/aromatic N) is 2. The lowest BCUT2D eigenvalue weighted by Gasteiger charge is -2.11. The molecule has 116 valence electrons. The lowest BCUT2D eigenvalue weighted by atomic mass is 10.3. The van der Waals surface area contributed by atoms with Gasteiger partial charge < -0.3 is 5.32 Å². The van der Waals surface area contributed by atoms with Gasteiger partial charge in [0.05, 0.1) is 11.9 Å². The molecular formula is C13H20N4O2S2. The van der Waals surface area contributed by atoms with Gasteiger partial charge in [0.25, 0.3) is 10.0 Å². The number of sulfonamides is 1. The number of aryl methyl sites for hydroxylation is 2. The summed E-state index contributed by atoms with van der Waals surface area (Å²) in [4.78, 5) is 1.18. The van der Waals surface area contributed by atoms with E-state index < -0.39 is 10.0 Å². The third-order valence-electron chi connectivity index (χ3n) is 2.89. The van der Waals surface area contributed by atoms with Gasteiger partial charge in [-0.25, -0.2) is 8.42 Å². The molecule has 2 N–H and O–H groups in total. The van der Waals surface area contributed by atoms with E-state index in [1.165, 1.54) is 17.5 Å². The van der Waals surface area contributed by atoms with Crippen LogP contribution in [0.15, 0.2) is 22.7 Å². The fourth-order valence-electron chi connectivity index (χ4n) is 1.95. The predicted octanol–water partition coefficient (Wildman–Crippen LogP) is 2.09. The van der Waals surface area contributed by atoms with Crippen molar-refractivity contribution in [2.24, 2.45) is 7.05 Å². The maximum Gasteiger partial charge on any atom is 0.263 e. The monoisotopic (exact) mass is 328 g/mol. The van der Waals surface area contributed by atoms with E-state index in [-0.39, 0.29) is 0 Å². The maximum atomic E-state index is 12.6. The second-order valence-electron chi connectivity index (χ2n) is 5.21. The summed E-state index contributed by atoms with van der Waals surface area (Å²) >= 11 is 1.46. The summed E-state index contributed by atoms with van der Waals surface area (Å²) in [6, 6.07) is 0.300. The van der Waals surface area contributed by atoms with E-state index in [4.69, 9.17) is 0 Å². The molecule has 21 heavy (non-hydrogen) atoms. The van der Waals surface area contributed by atoms with Crippen LogP contribution in [0.4, 0.5) is 5.69 Å². The maximum absolute atomic E-state index is 12.6. The van der Waals surface area contributed by atoms with Gasteiger partial charge in [-0.2, -0.15) is 5.10 Å². The lowest BCUT2D eigenvalue weighted by molar-refractivity contribution is 0.581. The molecule has 0 aromatic carbocycles. The summed E-state index contributed by atoms with van der Waals surface area (Å²) in [5.41, 5.74) is 1.22. The Morgan fingerprint density at radius 2 is 2.14 bits per heavy atom. The highest BCUT2D eigenvalue weighted by molar-refractivity contribution is 7.93. The Morgan fingerprint density at radius 1 is 1.43 bits per heavy atom. The first-order chi connectivity index (χ1) is 9.79. The second-order valence-corrected chi connectivity index (χ2v) is 7.80. The summed E-state index contributed by atoms with van der Waals surface area (Å²) in [6.45, 7) is 6.41. The molecule has 0 radical (unpaired) electrons. The average Bonchev–Trinajstić information content (AvgIpc) is 2.93. The molecule has 0 saturated heterocycles. The van der Waals surface area contributed by atoms with Crippen molar-refractivity contribution in [1.82, 2.24) is 15.1 Å². The summed E-state index contributed by atoms with van der Waals surface area (Å²) in [6.07, 6.45) is 3.12. The molecule has 0 aliphatic heterocycles. The Balaban J connectivity index is 2.28. The highest BCUT2D eigenvalue weighted by atomic mass is 32.2. The van der Waals surface area contributed by atoms with E-state index in [9.17, 15) is 8.42 Å². The van der Waals surface area contributed by atoms with Gasteiger partial charge in [-0.15, -0.1) is 11.3 Å². The van der Waals surface area contributed by atoms with Crippen LogP contribution in [0.5, 0.6) is 0 Å². The van der Waals surface area contributed by atoms with Gasteiger partial charge in [0.15, 0.2) is 0 Å². The van der Waals surface area contributed by atoms with Crippen LogP contribution in [0.25, 0.3) is 0 Å². The average molecular weight is 328 g/mol. The van der Waals surface area contributed by atoms with E-state index in [1.54, 1.807) is 17.9 Å². The Kier molecular flexibility index (Phi) is 4.70. The zero-order valence-corrected chi connectivity index (χ0v) is 14.2. The highest BCUT2D eigenvalue weighted by Crippen LogP contribution is 2.28. The molecule has 0 bridgehead atoms. The first-order valence-electron chi connectivity index (χ1n) is 6.61. The fraction of sp³-hybridized carbons (Fsp3) is 0.462. The smallest absolute Gasteiger partial charge is 0.263 e. The molecule has 2 aromatic rings. The largest absolute Gasteiger partial charge is 0.310 e. The van der Waals surface area contributed by atoms with Gasteiger partial charge in [-0.05, 0) is 17.9 Å². The highest BCUT2D eigenvalue weighted by Gasteiger charge is 2.23. The quantitative estimate of drug-likeness (QED) is 0.851. The van der Waals surface area contributed by atoms with Gasteiger partial charge in [0.2, 0.25) is 0 Å². The van der Waals surface area contributed by atoms with Gasteiger partial charge in [0.1, 0.15) is 4.90 Å². The second kappa shape index (κ2) is 6.17. The number of hydrogen-bond donors (Lipinski definition) is 2. The molecule has 0 aliphatic rings. The first-order valence-corrected chi connectivity index (χ1v) is 8.97. The van der Waals surface area contributed by atoms with Crippen LogP contribution >= 0.6 is 11.3 Å². The molecule has 8 heteroatoms. The van der Waals surface area contributed by atoms with Crippen LogP contribution < -0.4 is 10.0 Å². The Hall–Kier alpha value is -1.38. The Morgan fingerprint density at radius 3 is 2.71 bits per heavy atom. The van der Waals surface area contributed by atoms with Gasteiger partial charge >= 0.3 is 0 Å². The minimum atomic E-state index is -3.60. The van der Waals surface area contributed by atoms with E-state index in [1.807, 2.05) is 26.2 Å². The molecule has 2 rings (SSSR count). The molecule has 0 spiro atoms. The third-order valence-corrected chi connectivity index (χ3v) is 5.73. The summed E-state index contributed by atoms with van der Waals surface area (Å²) < 4.78 is 29.3. The van der Waals surface area contributed by atoms with Crippen molar-refractivity contribution in [3.05, 3.63) is 28.2 Å². The molecule has 0 fully saturated rings. The van der Waals surface area contributed by atoms with E-state index in [2.05, 4.69) is 15.1 Å². The van der Waals surface area contributed by atoms with E-state index in [0.717, 1.165) is 10.4 Å². The molecule has 0 aliphatic carbocycles. The van der Waals surface area contributed by atoms with Crippen molar-refractivity contribution in [1.29, 1.82) is 0 Å². The van der Waals surface area contributed by atoms with Crippen LogP contribution in [0.1, 0.15) is 24.3 Å². The topological polar surface area (TPSA) is 76.0 Å². The predicted molar refractivity (Wildman–Crippen MR) is 85.0 cm³/mol. The summed E-state index contributed by atoms with van der Waals surface area (Å²) in [5.74, 6) is 0. The zero-order valence-electron chi connectivity index (χ0n) is 12.5. The summed E-state index contributed by atoms with van der Waals surface area (Å²) in [5, 5.41) is 9.09. The van der Waals surface area contributed by atoms with Gasteiger partial charge in [-0.1, -0.05) is 13.8 Å².